The average molecular weight is 298 g/mol. The molecule has 1 heterocycles. The summed E-state index contributed by atoms with van der Waals surface area (Å²) in [4.78, 5) is 13.0. The van der Waals surface area contributed by atoms with E-state index in [2.05, 4.69) is 5.32 Å². The first-order valence-corrected chi connectivity index (χ1v) is 8.22. The summed E-state index contributed by atoms with van der Waals surface area (Å²) in [6.07, 6.45) is 8.11. The molecule has 1 aliphatic carbocycles. The molecule has 0 aromatic rings. The van der Waals surface area contributed by atoms with Crippen molar-refractivity contribution in [1.29, 1.82) is 0 Å². The maximum absolute atomic E-state index is 12.6. The monoisotopic (exact) mass is 298 g/mol. The van der Waals surface area contributed by atoms with Crippen LogP contribution in [0.15, 0.2) is 0 Å². The Kier molecular flexibility index (Phi) is 5.78. The van der Waals surface area contributed by atoms with E-state index in [0.717, 1.165) is 58.3 Å². The molecule has 0 radical (unpaired) electrons. The molecule has 3 N–H and O–H groups in total. The van der Waals surface area contributed by atoms with Gasteiger partial charge in [0.1, 0.15) is 0 Å². The summed E-state index contributed by atoms with van der Waals surface area (Å²) < 4.78 is 5.34. The zero-order chi connectivity index (χ0) is 14.4. The van der Waals surface area contributed by atoms with Crippen LogP contribution in [0.3, 0.4) is 0 Å². The molecule has 5 heteroatoms. The molecule has 0 unspecified atom stereocenters. The van der Waals surface area contributed by atoms with Gasteiger partial charge in [-0.15, -0.1) is 0 Å². The van der Waals surface area contributed by atoms with Crippen LogP contribution in [0.1, 0.15) is 51.4 Å². The van der Waals surface area contributed by atoms with Gasteiger partial charge in [0.05, 0.1) is 10.4 Å². The van der Waals surface area contributed by atoms with Crippen molar-refractivity contribution < 1.29 is 9.53 Å². The van der Waals surface area contributed by atoms with E-state index in [9.17, 15) is 4.79 Å². The minimum absolute atomic E-state index is 0.0541. The molecule has 20 heavy (non-hydrogen) atoms. The van der Waals surface area contributed by atoms with E-state index >= 15 is 0 Å². The van der Waals surface area contributed by atoms with Gasteiger partial charge in [-0.2, -0.15) is 0 Å². The average Bonchev–Trinajstić information content (AvgIpc) is 2.72. The van der Waals surface area contributed by atoms with Crippen LogP contribution in [-0.4, -0.2) is 30.7 Å². The van der Waals surface area contributed by atoms with Crippen molar-refractivity contribution in [2.24, 2.45) is 17.1 Å². The van der Waals surface area contributed by atoms with Crippen LogP contribution in [-0.2, 0) is 9.53 Å². The van der Waals surface area contributed by atoms with E-state index in [1.807, 2.05) is 0 Å². The van der Waals surface area contributed by atoms with Crippen molar-refractivity contribution in [2.45, 2.75) is 51.4 Å². The van der Waals surface area contributed by atoms with Crippen LogP contribution in [0.4, 0.5) is 0 Å². The lowest BCUT2D eigenvalue weighted by Gasteiger charge is -2.31. The third kappa shape index (κ3) is 3.70. The van der Waals surface area contributed by atoms with E-state index in [4.69, 9.17) is 22.7 Å². The van der Waals surface area contributed by atoms with E-state index in [0.29, 0.717) is 10.9 Å². The standard InChI is InChI=1S/C15H26N2O2S/c16-13(20)15(7-3-1-2-4-8-15)14(18)17-11-12-5-9-19-10-6-12/h12H,1-11H2,(H2,16,20)(H,17,18). The minimum Gasteiger partial charge on any atom is -0.392 e. The fourth-order valence-electron chi connectivity index (χ4n) is 3.27. The summed E-state index contributed by atoms with van der Waals surface area (Å²) in [5, 5.41) is 3.11. The molecule has 1 saturated carbocycles. The second-order valence-corrected chi connectivity index (χ2v) is 6.57. The maximum Gasteiger partial charge on any atom is 0.233 e. The molecule has 4 nitrogen and oxygen atoms in total. The van der Waals surface area contributed by atoms with E-state index in [-0.39, 0.29) is 5.91 Å². The van der Waals surface area contributed by atoms with Gasteiger partial charge in [0.25, 0.3) is 0 Å². The highest BCUT2D eigenvalue weighted by Gasteiger charge is 2.41. The molecule has 2 rings (SSSR count). The Labute approximate surface area is 126 Å². The zero-order valence-electron chi connectivity index (χ0n) is 12.2. The van der Waals surface area contributed by atoms with Crippen molar-refractivity contribution in [2.75, 3.05) is 19.8 Å². The predicted octanol–water partition coefficient (Wildman–Crippen LogP) is 2.16. The van der Waals surface area contributed by atoms with Gasteiger partial charge in [-0.05, 0) is 31.6 Å². The molecular formula is C15H26N2O2S. The normalized spacial score (nSPS) is 23.8. The number of nitrogens with two attached hydrogens (primary N) is 1. The molecule has 1 saturated heterocycles. The van der Waals surface area contributed by atoms with Crippen LogP contribution in [0.5, 0.6) is 0 Å². The van der Waals surface area contributed by atoms with Crippen molar-refractivity contribution in [3.8, 4) is 0 Å². The molecule has 0 atom stereocenters. The van der Waals surface area contributed by atoms with Gasteiger partial charge in [-0.3, -0.25) is 4.79 Å². The zero-order valence-corrected chi connectivity index (χ0v) is 13.0. The summed E-state index contributed by atoms with van der Waals surface area (Å²) in [5.41, 5.74) is 5.33. The maximum atomic E-state index is 12.6. The van der Waals surface area contributed by atoms with Gasteiger partial charge < -0.3 is 15.8 Å². The lowest BCUT2D eigenvalue weighted by atomic mass is 9.79. The fourth-order valence-corrected chi connectivity index (χ4v) is 3.57. The van der Waals surface area contributed by atoms with Crippen LogP contribution in [0.25, 0.3) is 0 Å². The highest BCUT2D eigenvalue weighted by Crippen LogP contribution is 2.35. The Balaban J connectivity index is 1.94. The van der Waals surface area contributed by atoms with E-state index in [1.54, 1.807) is 0 Å². The second kappa shape index (κ2) is 7.36. The summed E-state index contributed by atoms with van der Waals surface area (Å²) >= 11 is 5.23. The quantitative estimate of drug-likeness (QED) is 0.616. The molecule has 1 amide bonds. The molecule has 2 aliphatic rings. The van der Waals surface area contributed by atoms with Gasteiger partial charge in [-0.25, -0.2) is 0 Å². The molecular weight excluding hydrogens is 272 g/mol. The number of hydrogen-bond acceptors (Lipinski definition) is 3. The number of amides is 1. The van der Waals surface area contributed by atoms with Crippen molar-refractivity contribution in [1.82, 2.24) is 5.32 Å². The Morgan fingerprint density at radius 3 is 2.35 bits per heavy atom. The molecule has 2 fully saturated rings. The van der Waals surface area contributed by atoms with Crippen molar-refractivity contribution in [3.63, 3.8) is 0 Å². The Hall–Kier alpha value is -0.680. The summed E-state index contributed by atoms with van der Waals surface area (Å²) in [5.74, 6) is 0.584. The summed E-state index contributed by atoms with van der Waals surface area (Å²) in [6.45, 7) is 2.34. The van der Waals surface area contributed by atoms with Gasteiger partial charge in [0, 0.05) is 19.8 Å². The number of hydrogen-bond donors (Lipinski definition) is 2. The van der Waals surface area contributed by atoms with Crippen LogP contribution >= 0.6 is 12.2 Å². The Morgan fingerprint density at radius 2 is 1.80 bits per heavy atom. The molecule has 1 aliphatic heterocycles. The van der Waals surface area contributed by atoms with Crippen molar-refractivity contribution in [3.05, 3.63) is 0 Å². The lowest BCUT2D eigenvalue weighted by molar-refractivity contribution is -0.128. The minimum atomic E-state index is -0.600. The third-order valence-electron chi connectivity index (χ3n) is 4.76. The SMILES string of the molecule is NC(=S)C1(C(=O)NCC2CCOCC2)CCCCCC1. The van der Waals surface area contributed by atoms with E-state index < -0.39 is 5.41 Å². The molecule has 114 valence electrons. The first-order valence-electron chi connectivity index (χ1n) is 7.81. The molecule has 0 spiro atoms. The third-order valence-corrected chi connectivity index (χ3v) is 5.15. The number of carbonyl (C=O) groups is 1. The van der Waals surface area contributed by atoms with Gasteiger partial charge >= 0.3 is 0 Å². The van der Waals surface area contributed by atoms with Crippen molar-refractivity contribution >= 4 is 23.1 Å². The number of thiocarbonyl (C=S) groups is 1. The second-order valence-electron chi connectivity index (χ2n) is 6.13. The Morgan fingerprint density at radius 1 is 1.20 bits per heavy atom. The smallest absolute Gasteiger partial charge is 0.233 e. The number of nitrogens with one attached hydrogen (secondary N) is 1. The number of ether oxygens (including phenoxy) is 1. The van der Waals surface area contributed by atoms with Gasteiger partial charge in [0.2, 0.25) is 5.91 Å². The summed E-state index contributed by atoms with van der Waals surface area (Å²) in [6, 6.07) is 0. The molecule has 0 aromatic carbocycles. The van der Waals surface area contributed by atoms with Gasteiger partial charge in [-0.1, -0.05) is 37.9 Å². The molecule has 0 bridgehead atoms. The lowest BCUT2D eigenvalue weighted by Crippen LogP contribution is -2.49. The fraction of sp³-hybridized carbons (Fsp3) is 0.867. The summed E-state index contributed by atoms with van der Waals surface area (Å²) in [7, 11) is 0. The van der Waals surface area contributed by atoms with E-state index in [1.165, 1.54) is 12.8 Å². The Bertz CT molecular complexity index is 346. The highest BCUT2D eigenvalue weighted by molar-refractivity contribution is 7.80. The number of carbonyl (C=O) groups excluding carboxylic acids is 1. The topological polar surface area (TPSA) is 64.4 Å². The van der Waals surface area contributed by atoms with Crippen LogP contribution in [0, 0.1) is 11.3 Å². The largest absolute Gasteiger partial charge is 0.392 e. The van der Waals surface area contributed by atoms with Gasteiger partial charge in [0.15, 0.2) is 0 Å². The number of rotatable bonds is 4. The molecule has 0 aromatic heterocycles. The highest BCUT2D eigenvalue weighted by atomic mass is 32.1. The first-order chi connectivity index (χ1) is 9.65. The first kappa shape index (κ1) is 15.7. The predicted molar refractivity (Wildman–Crippen MR) is 83.5 cm³/mol. The van der Waals surface area contributed by atoms with Crippen LogP contribution in [0.2, 0.25) is 0 Å². The van der Waals surface area contributed by atoms with Crippen LogP contribution < -0.4 is 11.1 Å².